The highest BCUT2D eigenvalue weighted by Crippen LogP contribution is 2.31. The number of anilines is 1. The van der Waals surface area contributed by atoms with Crippen molar-refractivity contribution in [1.29, 1.82) is 5.41 Å². The zero-order valence-corrected chi connectivity index (χ0v) is 13.1. The maximum Gasteiger partial charge on any atom is 0.221 e. The fraction of sp³-hybridized carbons (Fsp3) is 0.176. The molecule has 3 N–H and O–H groups in total. The van der Waals surface area contributed by atoms with Gasteiger partial charge in [-0.1, -0.05) is 6.08 Å². The molecule has 1 amide bonds. The maximum absolute atomic E-state index is 12.2. The Labute approximate surface area is 132 Å². The third-order valence-electron chi connectivity index (χ3n) is 3.68. The summed E-state index contributed by atoms with van der Waals surface area (Å²) in [7, 11) is 0. The Bertz CT molecular complexity index is 1030. The lowest BCUT2D eigenvalue weighted by Gasteiger charge is -2.09. The molecule has 0 saturated carbocycles. The molecule has 0 unspecified atom stereocenters. The molecule has 2 aromatic heterocycles. The minimum absolute atomic E-state index is 0.157. The highest BCUT2D eigenvalue weighted by Gasteiger charge is 2.17. The Balaban J connectivity index is 2.44. The van der Waals surface area contributed by atoms with Gasteiger partial charge in [0.05, 0.1) is 27.8 Å². The van der Waals surface area contributed by atoms with Crippen LogP contribution in [-0.2, 0) is 4.79 Å². The second-order valence-electron chi connectivity index (χ2n) is 5.41. The number of pyridine rings is 1. The second kappa shape index (κ2) is 5.31. The maximum atomic E-state index is 12.2. The standard InChI is InChI=1S/C17H16N4O2/c1-4-5-14(23)12-6-10-8(2)19-16-11(18)7-13(20-9(3)22)17(21-12)15(10)16/h4-7,18,21H,1-3H3,(H,20,22). The van der Waals surface area contributed by atoms with E-state index < -0.39 is 0 Å². The van der Waals surface area contributed by atoms with Crippen molar-refractivity contribution in [2.75, 3.05) is 5.32 Å². The number of carbonyl (C=O) groups excluding carboxylic acids is 2. The molecule has 2 heterocycles. The highest BCUT2D eigenvalue weighted by atomic mass is 16.1. The van der Waals surface area contributed by atoms with Crippen molar-refractivity contribution >= 4 is 39.2 Å². The van der Waals surface area contributed by atoms with E-state index in [2.05, 4.69) is 15.3 Å². The molecule has 0 aliphatic heterocycles. The van der Waals surface area contributed by atoms with Crippen molar-refractivity contribution < 1.29 is 9.59 Å². The monoisotopic (exact) mass is 308 g/mol. The van der Waals surface area contributed by atoms with Gasteiger partial charge >= 0.3 is 0 Å². The van der Waals surface area contributed by atoms with Crippen LogP contribution >= 0.6 is 0 Å². The van der Waals surface area contributed by atoms with Gasteiger partial charge in [0, 0.05) is 23.4 Å². The fourth-order valence-electron chi connectivity index (χ4n) is 2.74. The molecule has 0 aliphatic carbocycles. The van der Waals surface area contributed by atoms with Crippen LogP contribution in [-0.4, -0.2) is 21.7 Å². The fourth-order valence-corrected chi connectivity index (χ4v) is 2.74. The summed E-state index contributed by atoms with van der Waals surface area (Å²) in [5.41, 5.74) is 2.81. The van der Waals surface area contributed by atoms with Crippen LogP contribution in [0.5, 0.6) is 0 Å². The van der Waals surface area contributed by atoms with E-state index in [9.17, 15) is 9.59 Å². The number of carbonyl (C=O) groups is 2. The SMILES string of the molecule is CC=CC(=O)c1cc2c(C)nc3c(=N)cc(NC(C)=O)c([nH]1)c23. The van der Waals surface area contributed by atoms with Gasteiger partial charge in [-0.3, -0.25) is 20.0 Å². The molecular weight excluding hydrogens is 292 g/mol. The van der Waals surface area contributed by atoms with Crippen molar-refractivity contribution in [3.63, 3.8) is 0 Å². The average Bonchev–Trinajstić information content (AvgIpc) is 2.82. The molecule has 0 spiro atoms. The lowest BCUT2D eigenvalue weighted by Crippen LogP contribution is -2.11. The van der Waals surface area contributed by atoms with Crippen LogP contribution < -0.4 is 10.7 Å². The topological polar surface area (TPSA) is 98.7 Å². The number of aryl methyl sites for hydroxylation is 1. The van der Waals surface area contributed by atoms with Gasteiger partial charge in [0.2, 0.25) is 11.7 Å². The molecule has 1 aromatic carbocycles. The first-order valence-electron chi connectivity index (χ1n) is 7.21. The smallest absolute Gasteiger partial charge is 0.221 e. The van der Waals surface area contributed by atoms with Crippen LogP contribution in [0.15, 0.2) is 24.3 Å². The summed E-state index contributed by atoms with van der Waals surface area (Å²) in [4.78, 5) is 31.2. The van der Waals surface area contributed by atoms with E-state index in [1.165, 1.54) is 13.0 Å². The Kier molecular flexibility index (Phi) is 3.44. The van der Waals surface area contributed by atoms with Crippen molar-refractivity contribution in [3.8, 4) is 0 Å². The van der Waals surface area contributed by atoms with Crippen molar-refractivity contribution in [3.05, 3.63) is 41.0 Å². The largest absolute Gasteiger partial charge is 0.350 e. The second-order valence-corrected chi connectivity index (χ2v) is 5.41. The molecule has 3 rings (SSSR count). The molecule has 0 radical (unpaired) electrons. The van der Waals surface area contributed by atoms with E-state index in [0.717, 1.165) is 16.5 Å². The van der Waals surface area contributed by atoms with Gasteiger partial charge in [0.1, 0.15) is 0 Å². The summed E-state index contributed by atoms with van der Waals surface area (Å²) >= 11 is 0. The van der Waals surface area contributed by atoms with Gasteiger partial charge in [-0.05, 0) is 32.1 Å². The predicted octanol–water partition coefficient (Wildman–Crippen LogP) is 2.66. The molecule has 23 heavy (non-hydrogen) atoms. The minimum Gasteiger partial charge on any atom is -0.350 e. The number of amides is 1. The molecular formula is C17H16N4O2. The quantitative estimate of drug-likeness (QED) is 0.512. The molecule has 0 saturated heterocycles. The summed E-state index contributed by atoms with van der Waals surface area (Å²) in [5.74, 6) is -0.397. The van der Waals surface area contributed by atoms with E-state index in [-0.39, 0.29) is 17.0 Å². The van der Waals surface area contributed by atoms with Crippen LogP contribution in [0.25, 0.3) is 21.8 Å². The number of benzene rings is 1. The van der Waals surface area contributed by atoms with Crippen LogP contribution in [0.2, 0.25) is 0 Å². The summed E-state index contributed by atoms with van der Waals surface area (Å²) in [6, 6.07) is 3.29. The number of allylic oxidation sites excluding steroid dienone is 2. The number of nitrogens with zero attached hydrogens (tertiary/aromatic N) is 1. The van der Waals surface area contributed by atoms with Crippen LogP contribution in [0, 0.1) is 12.3 Å². The number of hydrogen-bond donors (Lipinski definition) is 3. The number of aromatic amines is 1. The molecule has 3 aromatic rings. The van der Waals surface area contributed by atoms with Crippen molar-refractivity contribution in [2.45, 2.75) is 20.8 Å². The summed E-state index contributed by atoms with van der Waals surface area (Å²) in [6.07, 6.45) is 3.15. The minimum atomic E-state index is -0.240. The van der Waals surface area contributed by atoms with Gasteiger partial charge in [0.15, 0.2) is 0 Å². The third-order valence-corrected chi connectivity index (χ3v) is 3.68. The molecule has 6 heteroatoms. The van der Waals surface area contributed by atoms with E-state index in [1.54, 1.807) is 25.1 Å². The molecule has 0 fully saturated rings. The predicted molar refractivity (Wildman–Crippen MR) is 88.8 cm³/mol. The number of H-pyrrole nitrogens is 1. The van der Waals surface area contributed by atoms with Crippen LogP contribution in [0.3, 0.4) is 0 Å². The first-order valence-corrected chi connectivity index (χ1v) is 7.21. The molecule has 0 atom stereocenters. The van der Waals surface area contributed by atoms with Crippen LogP contribution in [0.1, 0.15) is 30.0 Å². The first kappa shape index (κ1) is 14.9. The molecule has 0 bridgehead atoms. The van der Waals surface area contributed by atoms with Crippen molar-refractivity contribution in [1.82, 2.24) is 9.97 Å². The molecule has 6 nitrogen and oxygen atoms in total. The van der Waals surface area contributed by atoms with Gasteiger partial charge in [-0.2, -0.15) is 0 Å². The molecule has 116 valence electrons. The van der Waals surface area contributed by atoms with Gasteiger partial charge in [0.25, 0.3) is 0 Å². The lowest BCUT2D eigenvalue weighted by molar-refractivity contribution is -0.114. The summed E-state index contributed by atoms with van der Waals surface area (Å²) in [6.45, 7) is 5.02. The number of nitrogens with one attached hydrogen (secondary N) is 3. The normalized spacial score (nSPS) is 11.6. The van der Waals surface area contributed by atoms with Crippen molar-refractivity contribution in [2.24, 2.45) is 0 Å². The Hall–Kier alpha value is -3.02. The Morgan fingerprint density at radius 3 is 2.74 bits per heavy atom. The first-order chi connectivity index (χ1) is 10.9. The third kappa shape index (κ3) is 2.38. The van der Waals surface area contributed by atoms with Gasteiger partial charge in [-0.25, -0.2) is 0 Å². The zero-order chi connectivity index (χ0) is 16.7. The number of aromatic nitrogens is 2. The Morgan fingerprint density at radius 1 is 1.35 bits per heavy atom. The highest BCUT2D eigenvalue weighted by molar-refractivity contribution is 6.17. The summed E-state index contributed by atoms with van der Waals surface area (Å²) < 4.78 is 0. The lowest BCUT2D eigenvalue weighted by atomic mass is 10.1. The zero-order valence-electron chi connectivity index (χ0n) is 13.1. The van der Waals surface area contributed by atoms with Crippen LogP contribution in [0.4, 0.5) is 5.69 Å². The Morgan fingerprint density at radius 2 is 2.09 bits per heavy atom. The average molecular weight is 308 g/mol. The van der Waals surface area contributed by atoms with E-state index in [0.29, 0.717) is 22.4 Å². The molecule has 0 aliphatic rings. The number of rotatable bonds is 3. The number of ketones is 1. The van der Waals surface area contributed by atoms with E-state index in [4.69, 9.17) is 5.41 Å². The van der Waals surface area contributed by atoms with Gasteiger partial charge < -0.3 is 10.3 Å². The number of hydrogen-bond acceptors (Lipinski definition) is 4. The van der Waals surface area contributed by atoms with Gasteiger partial charge in [-0.15, -0.1) is 0 Å². The van der Waals surface area contributed by atoms with E-state index in [1.807, 2.05) is 6.92 Å². The summed E-state index contributed by atoms with van der Waals surface area (Å²) in [5, 5.41) is 12.6. The van der Waals surface area contributed by atoms with E-state index >= 15 is 0 Å².